The topological polar surface area (TPSA) is 65.8 Å². The van der Waals surface area contributed by atoms with Crippen LogP contribution in [0.15, 0.2) is 18.3 Å². The molecule has 0 bridgehead atoms. The standard InChI is InChI=1S/C12H12ClN3O/c13-9-3-4-10(15-7-9)11(17)16-12(8-14)5-1-2-6-12/h3-4,7H,1-2,5-6H2,(H,16,17). The van der Waals surface area contributed by atoms with Crippen molar-refractivity contribution in [3.63, 3.8) is 0 Å². The molecule has 4 nitrogen and oxygen atoms in total. The third-order valence-electron chi connectivity index (χ3n) is 2.98. The van der Waals surface area contributed by atoms with Crippen molar-refractivity contribution in [2.24, 2.45) is 0 Å². The molecule has 1 saturated carbocycles. The molecule has 0 saturated heterocycles. The molecule has 2 rings (SSSR count). The number of rotatable bonds is 2. The minimum atomic E-state index is -0.710. The second-order valence-electron chi connectivity index (χ2n) is 4.22. The minimum Gasteiger partial charge on any atom is -0.332 e. The van der Waals surface area contributed by atoms with Crippen LogP contribution in [0.25, 0.3) is 0 Å². The molecule has 0 spiro atoms. The molecule has 0 unspecified atom stereocenters. The molecule has 88 valence electrons. The van der Waals surface area contributed by atoms with Crippen LogP contribution in [0.2, 0.25) is 5.02 Å². The smallest absolute Gasteiger partial charge is 0.271 e. The molecule has 5 heteroatoms. The van der Waals surface area contributed by atoms with E-state index >= 15 is 0 Å². The second kappa shape index (κ2) is 4.72. The molecule has 0 radical (unpaired) electrons. The molecule has 1 aliphatic rings. The zero-order valence-electron chi connectivity index (χ0n) is 9.24. The van der Waals surface area contributed by atoms with Crippen LogP contribution in [-0.2, 0) is 0 Å². The van der Waals surface area contributed by atoms with Crippen molar-refractivity contribution < 1.29 is 4.79 Å². The van der Waals surface area contributed by atoms with Crippen LogP contribution >= 0.6 is 11.6 Å². The summed E-state index contributed by atoms with van der Waals surface area (Å²) in [5, 5.41) is 12.4. The van der Waals surface area contributed by atoms with Crippen LogP contribution in [0.3, 0.4) is 0 Å². The molecule has 1 heterocycles. The third kappa shape index (κ3) is 2.56. The molecule has 1 amide bonds. The monoisotopic (exact) mass is 249 g/mol. The van der Waals surface area contributed by atoms with Gasteiger partial charge in [-0.05, 0) is 37.8 Å². The minimum absolute atomic E-state index is 0.288. The molecule has 0 atom stereocenters. The van der Waals surface area contributed by atoms with E-state index in [1.807, 2.05) is 0 Å². The molecule has 1 N–H and O–H groups in total. The summed E-state index contributed by atoms with van der Waals surface area (Å²) in [5.74, 6) is -0.315. The highest BCUT2D eigenvalue weighted by atomic mass is 35.5. The Morgan fingerprint density at radius 2 is 2.18 bits per heavy atom. The summed E-state index contributed by atoms with van der Waals surface area (Å²) in [7, 11) is 0. The highest BCUT2D eigenvalue weighted by Crippen LogP contribution is 2.29. The van der Waals surface area contributed by atoms with Crippen molar-refractivity contribution in [3.8, 4) is 6.07 Å². The Balaban J connectivity index is 2.11. The van der Waals surface area contributed by atoms with Gasteiger partial charge in [0.05, 0.1) is 11.1 Å². The Labute approximate surface area is 105 Å². The number of nitriles is 1. The Morgan fingerprint density at radius 1 is 1.47 bits per heavy atom. The average Bonchev–Trinajstić information content (AvgIpc) is 2.79. The maximum Gasteiger partial charge on any atom is 0.271 e. The SMILES string of the molecule is N#CC1(NC(=O)c2ccc(Cl)cn2)CCCC1. The van der Waals surface area contributed by atoms with Gasteiger partial charge >= 0.3 is 0 Å². The first-order valence-electron chi connectivity index (χ1n) is 5.50. The summed E-state index contributed by atoms with van der Waals surface area (Å²) in [5.41, 5.74) is -0.422. The van der Waals surface area contributed by atoms with Gasteiger partial charge in [-0.1, -0.05) is 11.6 Å². The van der Waals surface area contributed by atoms with E-state index < -0.39 is 5.54 Å². The fourth-order valence-electron chi connectivity index (χ4n) is 2.03. The lowest BCUT2D eigenvalue weighted by Crippen LogP contribution is -2.45. The Kier molecular flexibility index (Phi) is 3.30. The van der Waals surface area contributed by atoms with Gasteiger partial charge in [-0.2, -0.15) is 5.26 Å². The zero-order valence-corrected chi connectivity index (χ0v) is 10.00. The van der Waals surface area contributed by atoms with E-state index in [1.165, 1.54) is 6.20 Å². The van der Waals surface area contributed by atoms with Crippen LogP contribution in [0, 0.1) is 11.3 Å². The molecule has 1 aromatic rings. The van der Waals surface area contributed by atoms with Gasteiger partial charge < -0.3 is 5.32 Å². The lowest BCUT2D eigenvalue weighted by atomic mass is 10.00. The first-order valence-corrected chi connectivity index (χ1v) is 5.88. The molecule has 1 aromatic heterocycles. The van der Waals surface area contributed by atoms with Crippen molar-refractivity contribution in [2.75, 3.05) is 0 Å². The first kappa shape index (κ1) is 11.9. The van der Waals surface area contributed by atoms with E-state index in [0.29, 0.717) is 17.9 Å². The first-order chi connectivity index (χ1) is 8.15. The predicted molar refractivity (Wildman–Crippen MR) is 63.5 cm³/mol. The quantitative estimate of drug-likeness (QED) is 0.875. The van der Waals surface area contributed by atoms with E-state index in [1.54, 1.807) is 12.1 Å². The molecular weight excluding hydrogens is 238 g/mol. The summed E-state index contributed by atoms with van der Waals surface area (Å²) >= 11 is 5.69. The van der Waals surface area contributed by atoms with Gasteiger partial charge in [0.1, 0.15) is 11.2 Å². The fraction of sp³-hybridized carbons (Fsp3) is 0.417. The molecule has 1 fully saturated rings. The highest BCUT2D eigenvalue weighted by Gasteiger charge is 2.35. The number of carbonyl (C=O) groups is 1. The molecule has 17 heavy (non-hydrogen) atoms. The van der Waals surface area contributed by atoms with Gasteiger partial charge in [-0.15, -0.1) is 0 Å². The van der Waals surface area contributed by atoms with Crippen LogP contribution in [0.4, 0.5) is 0 Å². The number of hydrogen-bond acceptors (Lipinski definition) is 3. The second-order valence-corrected chi connectivity index (χ2v) is 4.65. The largest absolute Gasteiger partial charge is 0.332 e. The van der Waals surface area contributed by atoms with Gasteiger partial charge in [0.25, 0.3) is 5.91 Å². The number of nitrogens with zero attached hydrogens (tertiary/aromatic N) is 2. The lowest BCUT2D eigenvalue weighted by molar-refractivity contribution is 0.0915. The van der Waals surface area contributed by atoms with Gasteiger partial charge in [0, 0.05) is 6.20 Å². The number of nitrogens with one attached hydrogen (secondary N) is 1. The summed E-state index contributed by atoms with van der Waals surface area (Å²) in [6.45, 7) is 0. The average molecular weight is 250 g/mol. The fourth-order valence-corrected chi connectivity index (χ4v) is 2.15. The molecule has 1 aliphatic carbocycles. The van der Waals surface area contributed by atoms with Crippen LogP contribution in [0.5, 0.6) is 0 Å². The number of hydrogen-bond donors (Lipinski definition) is 1. The molecule has 0 aliphatic heterocycles. The van der Waals surface area contributed by atoms with Crippen molar-refractivity contribution in [3.05, 3.63) is 29.0 Å². The number of amides is 1. The van der Waals surface area contributed by atoms with Crippen LogP contribution in [0.1, 0.15) is 36.2 Å². The van der Waals surface area contributed by atoms with E-state index in [0.717, 1.165) is 12.8 Å². The van der Waals surface area contributed by atoms with Crippen molar-refractivity contribution in [2.45, 2.75) is 31.2 Å². The maximum absolute atomic E-state index is 11.9. The summed E-state index contributed by atoms with van der Waals surface area (Å²) in [6, 6.07) is 5.37. The van der Waals surface area contributed by atoms with Gasteiger partial charge in [0.2, 0.25) is 0 Å². The van der Waals surface area contributed by atoms with E-state index in [9.17, 15) is 4.79 Å². The Hall–Kier alpha value is -1.60. The summed E-state index contributed by atoms with van der Waals surface area (Å²) in [6.07, 6.45) is 4.79. The number of pyridine rings is 1. The Bertz CT molecular complexity index is 458. The van der Waals surface area contributed by atoms with Crippen molar-refractivity contribution in [1.82, 2.24) is 10.3 Å². The maximum atomic E-state index is 11.9. The Morgan fingerprint density at radius 3 is 2.71 bits per heavy atom. The molecular formula is C12H12ClN3O. The van der Waals surface area contributed by atoms with Crippen molar-refractivity contribution in [1.29, 1.82) is 5.26 Å². The van der Waals surface area contributed by atoms with Crippen LogP contribution < -0.4 is 5.32 Å². The number of halogens is 1. The zero-order chi connectivity index (χ0) is 12.3. The molecule has 0 aromatic carbocycles. The van der Waals surface area contributed by atoms with Gasteiger partial charge in [-0.25, -0.2) is 4.98 Å². The van der Waals surface area contributed by atoms with Crippen LogP contribution in [-0.4, -0.2) is 16.4 Å². The predicted octanol–water partition coefficient (Wildman–Crippen LogP) is 2.30. The van der Waals surface area contributed by atoms with E-state index in [4.69, 9.17) is 16.9 Å². The number of carbonyl (C=O) groups excluding carboxylic acids is 1. The van der Waals surface area contributed by atoms with Gasteiger partial charge in [0.15, 0.2) is 0 Å². The highest BCUT2D eigenvalue weighted by molar-refractivity contribution is 6.30. The van der Waals surface area contributed by atoms with Crippen molar-refractivity contribution >= 4 is 17.5 Å². The number of aromatic nitrogens is 1. The normalized spacial score (nSPS) is 17.4. The third-order valence-corrected chi connectivity index (χ3v) is 3.21. The van der Waals surface area contributed by atoms with E-state index in [-0.39, 0.29) is 11.6 Å². The van der Waals surface area contributed by atoms with Gasteiger partial charge in [-0.3, -0.25) is 4.79 Å². The summed E-state index contributed by atoms with van der Waals surface area (Å²) < 4.78 is 0. The lowest BCUT2D eigenvalue weighted by Gasteiger charge is -2.21. The summed E-state index contributed by atoms with van der Waals surface area (Å²) in [4.78, 5) is 15.8. The van der Waals surface area contributed by atoms with E-state index in [2.05, 4.69) is 16.4 Å².